The summed E-state index contributed by atoms with van der Waals surface area (Å²) in [5.74, 6) is -2.87. The molecule has 6 rings (SSSR count). The Balaban J connectivity index is 1.01. The molecule has 2 aromatic heterocycles. The molecule has 17 nitrogen and oxygen atoms in total. The smallest absolute Gasteiger partial charge is 0.417 e. The number of nitrogens with one attached hydrogen (secondary N) is 1. The number of anilines is 2. The van der Waals surface area contributed by atoms with Gasteiger partial charge in [-0.2, -0.15) is 0 Å². The molecular weight excluding hydrogens is 792 g/mol. The van der Waals surface area contributed by atoms with Gasteiger partial charge >= 0.3 is 18.2 Å². The number of nitrogens with zero attached hydrogens (tertiary/aromatic N) is 7. The molecule has 5 aromatic rings. The number of piperazine rings is 1. The van der Waals surface area contributed by atoms with Gasteiger partial charge in [-0.3, -0.25) is 14.4 Å². The molecule has 61 heavy (non-hydrogen) atoms. The van der Waals surface area contributed by atoms with E-state index in [2.05, 4.69) is 15.5 Å². The normalized spacial score (nSPS) is 13.8. The quantitative estimate of drug-likeness (QED) is 0.130. The van der Waals surface area contributed by atoms with E-state index in [0.29, 0.717) is 54.5 Å². The average Bonchev–Trinajstić information content (AvgIpc) is 3.63. The Morgan fingerprint density at radius 2 is 1.56 bits per heavy atom. The van der Waals surface area contributed by atoms with Crippen LogP contribution < -0.4 is 15.6 Å². The molecule has 0 bridgehead atoms. The number of imide groups is 1. The minimum absolute atomic E-state index is 0.0201. The van der Waals surface area contributed by atoms with Gasteiger partial charge in [0.1, 0.15) is 36.5 Å². The summed E-state index contributed by atoms with van der Waals surface area (Å²) in [6, 6.07) is 17.6. The lowest BCUT2D eigenvalue weighted by Gasteiger charge is -2.35. The molecule has 2 N–H and O–H groups in total. The van der Waals surface area contributed by atoms with Gasteiger partial charge in [0, 0.05) is 57.0 Å². The third-order valence-electron chi connectivity index (χ3n) is 10.6. The molecule has 1 unspecified atom stereocenters. The monoisotopic (exact) mass is 838 g/mol. The van der Waals surface area contributed by atoms with Crippen molar-refractivity contribution < 1.29 is 42.9 Å². The van der Waals surface area contributed by atoms with E-state index in [4.69, 9.17) is 9.47 Å². The Hall–Kier alpha value is -7.11. The van der Waals surface area contributed by atoms with Gasteiger partial charge in [-0.15, -0.1) is 10.2 Å². The van der Waals surface area contributed by atoms with E-state index in [1.807, 2.05) is 32.0 Å². The molecule has 0 radical (unpaired) electrons. The summed E-state index contributed by atoms with van der Waals surface area (Å²) in [7, 11) is 1.66. The lowest BCUT2D eigenvalue weighted by molar-refractivity contribution is -0.120. The molecule has 3 heterocycles. The number of halogens is 1. The van der Waals surface area contributed by atoms with Gasteiger partial charge in [-0.05, 0) is 55.2 Å². The second kappa shape index (κ2) is 18.9. The fourth-order valence-corrected chi connectivity index (χ4v) is 7.22. The maximum atomic E-state index is 15.3. The largest absolute Gasteiger partial charge is 0.477 e. The van der Waals surface area contributed by atoms with Crippen LogP contribution in [0.5, 0.6) is 0 Å². The molecule has 1 saturated heterocycles. The Morgan fingerprint density at radius 3 is 2.18 bits per heavy atom. The number of benzene rings is 3. The van der Waals surface area contributed by atoms with E-state index >= 15 is 4.39 Å². The number of hydrogen-bond acceptors (Lipinski definition) is 11. The predicted molar refractivity (Wildman–Crippen MR) is 221 cm³/mol. The number of carboxylic acid groups (broad SMARTS) is 1. The Bertz CT molecular complexity index is 2480. The first kappa shape index (κ1) is 43.5. The lowest BCUT2D eigenvalue weighted by atomic mass is 10.0. The number of hydrogen-bond donors (Lipinski definition) is 2. The Morgan fingerprint density at radius 1 is 0.918 bits per heavy atom. The number of aromatic carboxylic acids is 1. The van der Waals surface area contributed by atoms with Crippen LogP contribution in [-0.4, -0.2) is 90.9 Å². The van der Waals surface area contributed by atoms with Crippen LogP contribution >= 0.6 is 0 Å². The van der Waals surface area contributed by atoms with Gasteiger partial charge in [0.05, 0.1) is 17.1 Å². The lowest BCUT2D eigenvalue weighted by Crippen LogP contribution is -2.49. The highest BCUT2D eigenvalue weighted by molar-refractivity contribution is 5.95. The van der Waals surface area contributed by atoms with Crippen molar-refractivity contribution in [2.45, 2.75) is 59.4 Å². The van der Waals surface area contributed by atoms with Crippen molar-refractivity contribution in [1.29, 1.82) is 0 Å². The number of carbonyl (C=O) groups is 5. The van der Waals surface area contributed by atoms with Gasteiger partial charge in [-0.1, -0.05) is 56.3 Å². The van der Waals surface area contributed by atoms with E-state index in [1.165, 1.54) is 17.2 Å². The molecule has 0 spiro atoms. The number of ether oxygens (including phenoxy) is 2. The van der Waals surface area contributed by atoms with Gasteiger partial charge in [0.2, 0.25) is 17.7 Å². The molecule has 1 aliphatic heterocycles. The minimum Gasteiger partial charge on any atom is -0.477 e. The van der Waals surface area contributed by atoms with Gasteiger partial charge in [0.25, 0.3) is 0 Å². The van der Waals surface area contributed by atoms with Crippen molar-refractivity contribution in [3.8, 4) is 0 Å². The highest BCUT2D eigenvalue weighted by Crippen LogP contribution is 2.30. The number of aryl methyl sites for hydroxylation is 1. The summed E-state index contributed by atoms with van der Waals surface area (Å²) in [6.07, 6.45) is 0.278. The van der Waals surface area contributed by atoms with Crippen LogP contribution in [0.4, 0.5) is 25.4 Å². The maximum absolute atomic E-state index is 15.3. The zero-order chi connectivity index (χ0) is 44.0. The first-order valence-electron chi connectivity index (χ1n) is 19.7. The summed E-state index contributed by atoms with van der Waals surface area (Å²) in [6.45, 7) is 8.51. The van der Waals surface area contributed by atoms with Crippen LogP contribution in [0.3, 0.4) is 0 Å². The molecule has 0 aliphatic carbocycles. The fraction of sp³-hybridized carbons (Fsp3) is 0.349. The maximum Gasteiger partial charge on any atom is 0.417 e. The second-order valence-electron chi connectivity index (χ2n) is 14.9. The molecule has 1 aliphatic rings. The SMILES string of the molecule is CCn1cc(C(=O)O)c(=O)c2cc(F)c(N3CCN(C(=O)OCc4ccc(NC(=O)[C@@H](C)c5nnc(C(C(C)C)N(C=O)C(=O)OCc6ccccc6)n5C)cc4)CC3)cc21. The van der Waals surface area contributed by atoms with E-state index in [-0.39, 0.29) is 49.2 Å². The molecule has 18 heteroatoms. The molecule has 320 valence electrons. The molecule has 4 amide bonds. The summed E-state index contributed by atoms with van der Waals surface area (Å²) in [5.41, 5.74) is 1.39. The number of fused-ring (bicyclic) bond motifs is 1. The van der Waals surface area contributed by atoms with E-state index in [9.17, 15) is 33.9 Å². The topological polar surface area (TPSA) is 198 Å². The van der Waals surface area contributed by atoms with Crippen LogP contribution in [0.2, 0.25) is 0 Å². The Kier molecular flexibility index (Phi) is 13.4. The van der Waals surface area contributed by atoms with Crippen molar-refractivity contribution in [3.05, 3.63) is 117 Å². The third kappa shape index (κ3) is 9.53. The first-order chi connectivity index (χ1) is 29.2. The number of amides is 4. The average molecular weight is 839 g/mol. The Labute approximate surface area is 350 Å². The summed E-state index contributed by atoms with van der Waals surface area (Å²) in [5, 5.41) is 20.8. The van der Waals surface area contributed by atoms with Crippen molar-refractivity contribution in [1.82, 2.24) is 29.1 Å². The fourth-order valence-electron chi connectivity index (χ4n) is 7.22. The second-order valence-corrected chi connectivity index (χ2v) is 14.9. The number of carboxylic acids is 1. The molecule has 1 fully saturated rings. The standard InChI is InChI=1S/C43H47FN8O9/c1-6-49-22-32(41(56)57)37(54)31-20-33(44)35(21-34(31)49)50-16-18-51(19-17-50)42(58)60-24-29-12-14-30(15-13-29)45-40(55)27(4)38-46-47-39(48(38)5)36(26(2)3)52(25-53)43(59)61-23-28-10-8-7-9-11-28/h7-15,20-22,25-27,36H,6,16-19,23-24H2,1-5H3,(H,45,55)(H,56,57)/t27-,36?/m0/s1. The predicted octanol–water partition coefficient (Wildman–Crippen LogP) is 5.68. The molecule has 3 aromatic carbocycles. The van der Waals surface area contributed by atoms with E-state index in [0.717, 1.165) is 16.5 Å². The van der Waals surface area contributed by atoms with Crippen LogP contribution in [0.25, 0.3) is 10.9 Å². The van der Waals surface area contributed by atoms with Crippen molar-refractivity contribution in [2.24, 2.45) is 13.0 Å². The van der Waals surface area contributed by atoms with Crippen molar-refractivity contribution in [2.75, 3.05) is 36.4 Å². The van der Waals surface area contributed by atoms with Crippen molar-refractivity contribution in [3.63, 3.8) is 0 Å². The highest BCUT2D eigenvalue weighted by atomic mass is 19.1. The summed E-state index contributed by atoms with van der Waals surface area (Å²) in [4.78, 5) is 80.1. The van der Waals surface area contributed by atoms with Crippen LogP contribution in [-0.2, 0) is 45.9 Å². The molecule has 0 saturated carbocycles. The van der Waals surface area contributed by atoms with E-state index in [1.54, 1.807) is 71.3 Å². The zero-order valence-electron chi connectivity index (χ0n) is 34.4. The first-order valence-corrected chi connectivity index (χ1v) is 19.7. The van der Waals surface area contributed by atoms with Crippen LogP contribution in [0.15, 0.2) is 77.7 Å². The third-order valence-corrected chi connectivity index (χ3v) is 10.6. The minimum atomic E-state index is -1.38. The van der Waals surface area contributed by atoms with Gasteiger partial charge in [-0.25, -0.2) is 23.7 Å². The van der Waals surface area contributed by atoms with Crippen LogP contribution in [0.1, 0.15) is 72.8 Å². The highest BCUT2D eigenvalue weighted by Gasteiger charge is 2.35. The number of pyridine rings is 1. The summed E-state index contributed by atoms with van der Waals surface area (Å²) >= 11 is 0. The van der Waals surface area contributed by atoms with Crippen LogP contribution in [0, 0.1) is 11.7 Å². The zero-order valence-corrected chi connectivity index (χ0v) is 34.4. The number of aromatic nitrogens is 4. The van der Waals surface area contributed by atoms with Gasteiger partial charge < -0.3 is 38.8 Å². The van der Waals surface area contributed by atoms with E-state index < -0.39 is 46.9 Å². The molecular formula is C43H47FN8O9. The molecule has 2 atom stereocenters. The summed E-state index contributed by atoms with van der Waals surface area (Å²) < 4.78 is 29.5. The van der Waals surface area contributed by atoms with Gasteiger partial charge in [0.15, 0.2) is 5.82 Å². The number of rotatable bonds is 14. The number of carbonyl (C=O) groups excluding carboxylic acids is 4. The van der Waals surface area contributed by atoms with Crippen molar-refractivity contribution >= 4 is 52.8 Å².